The van der Waals surface area contributed by atoms with Gasteiger partial charge in [0.05, 0.1) is 0 Å². The van der Waals surface area contributed by atoms with Crippen molar-refractivity contribution in [1.82, 2.24) is 9.03 Å². The summed E-state index contributed by atoms with van der Waals surface area (Å²) in [6.45, 7) is 4.58. The molecule has 6 nitrogen and oxygen atoms in total. The van der Waals surface area contributed by atoms with Gasteiger partial charge in [-0.25, -0.2) is 0 Å². The Morgan fingerprint density at radius 1 is 1.32 bits per heavy atom. The van der Waals surface area contributed by atoms with Crippen LogP contribution in [-0.4, -0.2) is 54.9 Å². The molecule has 0 aromatic carbocycles. The maximum atomic E-state index is 12.1. The second kappa shape index (κ2) is 9.57. The molecule has 2 N–H and O–H groups in total. The first-order valence-corrected chi connectivity index (χ1v) is 9.21. The Morgan fingerprint density at radius 3 is 2.21 bits per heavy atom. The van der Waals surface area contributed by atoms with Crippen molar-refractivity contribution in [2.75, 3.05) is 25.1 Å². The zero-order valence-electron chi connectivity index (χ0n) is 11.8. The Balaban J connectivity index is 4.80. The van der Waals surface area contributed by atoms with E-state index in [1.165, 1.54) is 16.1 Å². The Morgan fingerprint density at radius 2 is 1.84 bits per heavy atom. The van der Waals surface area contributed by atoms with Gasteiger partial charge in [0.2, 0.25) is 0 Å². The van der Waals surface area contributed by atoms with Crippen molar-refractivity contribution in [3.05, 3.63) is 0 Å². The van der Waals surface area contributed by atoms with Gasteiger partial charge in [-0.2, -0.15) is 29.2 Å². The first-order chi connectivity index (χ1) is 8.88. The Hall–Kier alpha value is -0.310. The topological polar surface area (TPSA) is 86.7 Å². The molecule has 19 heavy (non-hydrogen) atoms. The van der Waals surface area contributed by atoms with Gasteiger partial charge in [0.1, 0.15) is 6.04 Å². The molecule has 0 spiro atoms. The van der Waals surface area contributed by atoms with Crippen molar-refractivity contribution in [2.24, 2.45) is 0 Å². The molecule has 0 aliphatic carbocycles. The lowest BCUT2D eigenvalue weighted by Crippen LogP contribution is -2.49. The monoisotopic (exact) mass is 312 g/mol. The Bertz CT molecular complexity index is 354. The number of hydrogen-bond donors (Lipinski definition) is 2. The van der Waals surface area contributed by atoms with Gasteiger partial charge in [-0.1, -0.05) is 13.8 Å². The normalized spacial score (nSPS) is 13.7. The van der Waals surface area contributed by atoms with E-state index in [0.717, 1.165) is 0 Å². The van der Waals surface area contributed by atoms with Crippen molar-refractivity contribution in [1.29, 1.82) is 0 Å². The first-order valence-electron chi connectivity index (χ1n) is 6.38. The summed E-state index contributed by atoms with van der Waals surface area (Å²) in [5, 5.41) is 9.05. The van der Waals surface area contributed by atoms with E-state index in [2.05, 4.69) is 4.72 Å². The van der Waals surface area contributed by atoms with Gasteiger partial charge in [-0.3, -0.25) is 4.79 Å². The average Bonchev–Trinajstić information content (AvgIpc) is 2.33. The summed E-state index contributed by atoms with van der Waals surface area (Å²) in [7, 11) is -3.73. The molecule has 0 aliphatic rings. The number of thioether (sulfide) groups is 1. The third-order valence-corrected chi connectivity index (χ3v) is 4.76. The SMILES string of the molecule is CCCN(CCC)S(=O)(=O)N[C@H](CCSC)C(=O)O. The predicted molar refractivity (Wildman–Crippen MR) is 78.6 cm³/mol. The van der Waals surface area contributed by atoms with Crippen LogP contribution in [-0.2, 0) is 15.0 Å². The number of carboxylic acids is 1. The number of nitrogens with one attached hydrogen (secondary N) is 1. The molecule has 0 rings (SSSR count). The van der Waals surface area contributed by atoms with Crippen LogP contribution in [0.2, 0.25) is 0 Å². The second-order valence-electron chi connectivity index (χ2n) is 4.19. The van der Waals surface area contributed by atoms with Gasteiger partial charge in [0.25, 0.3) is 10.2 Å². The van der Waals surface area contributed by atoms with Gasteiger partial charge >= 0.3 is 5.97 Å². The fraction of sp³-hybridized carbons (Fsp3) is 0.909. The van der Waals surface area contributed by atoms with Crippen molar-refractivity contribution in [2.45, 2.75) is 39.2 Å². The number of aliphatic carboxylic acids is 1. The third kappa shape index (κ3) is 7.14. The van der Waals surface area contributed by atoms with Crippen LogP contribution in [0.25, 0.3) is 0 Å². The zero-order valence-corrected chi connectivity index (χ0v) is 13.4. The van der Waals surface area contributed by atoms with Gasteiger partial charge in [0, 0.05) is 13.1 Å². The van der Waals surface area contributed by atoms with E-state index in [9.17, 15) is 13.2 Å². The third-order valence-electron chi connectivity index (χ3n) is 2.49. The molecule has 114 valence electrons. The van der Waals surface area contributed by atoms with Crippen LogP contribution >= 0.6 is 11.8 Å². The summed E-state index contributed by atoms with van der Waals surface area (Å²) in [5.41, 5.74) is 0. The van der Waals surface area contributed by atoms with Crippen LogP contribution in [0, 0.1) is 0 Å². The fourth-order valence-corrected chi connectivity index (χ4v) is 3.62. The molecule has 0 aromatic heterocycles. The maximum absolute atomic E-state index is 12.1. The lowest BCUT2D eigenvalue weighted by Gasteiger charge is -2.23. The number of carbonyl (C=O) groups is 1. The van der Waals surface area contributed by atoms with Crippen molar-refractivity contribution >= 4 is 27.9 Å². The van der Waals surface area contributed by atoms with Crippen LogP contribution < -0.4 is 4.72 Å². The summed E-state index contributed by atoms with van der Waals surface area (Å²) < 4.78 is 27.9. The molecule has 0 saturated heterocycles. The molecule has 0 saturated carbocycles. The van der Waals surface area contributed by atoms with Crippen LogP contribution in [0.3, 0.4) is 0 Å². The van der Waals surface area contributed by atoms with E-state index in [1.807, 2.05) is 20.1 Å². The Kier molecular flexibility index (Phi) is 9.42. The molecule has 8 heteroatoms. The van der Waals surface area contributed by atoms with E-state index in [0.29, 0.717) is 31.7 Å². The summed E-state index contributed by atoms with van der Waals surface area (Å²) >= 11 is 1.49. The summed E-state index contributed by atoms with van der Waals surface area (Å²) in [4.78, 5) is 11.1. The van der Waals surface area contributed by atoms with Crippen LogP contribution in [0.15, 0.2) is 0 Å². The summed E-state index contributed by atoms with van der Waals surface area (Å²) in [6, 6.07) is -1.06. The number of carboxylic acid groups (broad SMARTS) is 1. The molecule has 0 radical (unpaired) electrons. The molecule has 0 fully saturated rings. The minimum atomic E-state index is -3.73. The molecular weight excluding hydrogens is 288 g/mol. The van der Waals surface area contributed by atoms with Gasteiger partial charge < -0.3 is 5.11 Å². The largest absolute Gasteiger partial charge is 0.480 e. The van der Waals surface area contributed by atoms with E-state index < -0.39 is 22.2 Å². The molecule has 0 aromatic rings. The second-order valence-corrected chi connectivity index (χ2v) is 6.88. The van der Waals surface area contributed by atoms with Crippen LogP contribution in [0.1, 0.15) is 33.1 Å². The summed E-state index contributed by atoms with van der Waals surface area (Å²) in [6.07, 6.45) is 3.53. The van der Waals surface area contributed by atoms with Gasteiger partial charge in [0.15, 0.2) is 0 Å². The fourth-order valence-electron chi connectivity index (χ4n) is 1.57. The number of nitrogens with zero attached hydrogens (tertiary/aromatic N) is 1. The lowest BCUT2D eigenvalue weighted by atomic mass is 10.2. The lowest BCUT2D eigenvalue weighted by molar-refractivity contribution is -0.139. The number of hydrogen-bond acceptors (Lipinski definition) is 4. The average molecular weight is 312 g/mol. The smallest absolute Gasteiger partial charge is 0.321 e. The zero-order chi connectivity index (χ0) is 14.9. The first kappa shape index (κ1) is 18.7. The molecule has 0 heterocycles. The highest BCUT2D eigenvalue weighted by atomic mass is 32.2. The van der Waals surface area contributed by atoms with Crippen LogP contribution in [0.4, 0.5) is 0 Å². The number of rotatable bonds is 11. The van der Waals surface area contributed by atoms with E-state index >= 15 is 0 Å². The molecule has 0 unspecified atom stereocenters. The highest BCUT2D eigenvalue weighted by molar-refractivity contribution is 7.98. The van der Waals surface area contributed by atoms with Crippen molar-refractivity contribution in [3.63, 3.8) is 0 Å². The molecule has 0 amide bonds. The van der Waals surface area contributed by atoms with E-state index in [4.69, 9.17) is 5.11 Å². The molecule has 0 bridgehead atoms. The standard InChI is InChI=1S/C11H24N2O4S2/c1-4-7-13(8-5-2)19(16,17)12-10(11(14)15)6-9-18-3/h10,12H,4-9H2,1-3H3,(H,14,15)/t10-/m1/s1. The highest BCUT2D eigenvalue weighted by Gasteiger charge is 2.27. The quantitative estimate of drug-likeness (QED) is 0.597. The van der Waals surface area contributed by atoms with Gasteiger partial charge in [-0.05, 0) is 31.3 Å². The van der Waals surface area contributed by atoms with Crippen molar-refractivity contribution < 1.29 is 18.3 Å². The van der Waals surface area contributed by atoms with Crippen LogP contribution in [0.5, 0.6) is 0 Å². The molecule has 1 atom stereocenters. The molecule has 0 aliphatic heterocycles. The Labute approximate surface area is 120 Å². The van der Waals surface area contributed by atoms with Gasteiger partial charge in [-0.15, -0.1) is 0 Å². The highest BCUT2D eigenvalue weighted by Crippen LogP contribution is 2.07. The van der Waals surface area contributed by atoms with Crippen molar-refractivity contribution in [3.8, 4) is 0 Å². The summed E-state index contributed by atoms with van der Waals surface area (Å²) in [5.74, 6) is -0.535. The molecular formula is C11H24N2O4S2. The minimum Gasteiger partial charge on any atom is -0.480 e. The minimum absolute atomic E-state index is 0.280. The maximum Gasteiger partial charge on any atom is 0.321 e. The predicted octanol–water partition coefficient (Wildman–Crippen LogP) is 1.15. The van der Waals surface area contributed by atoms with E-state index in [-0.39, 0.29) is 6.42 Å². The van der Waals surface area contributed by atoms with E-state index in [1.54, 1.807) is 0 Å².